The van der Waals surface area contributed by atoms with Gasteiger partial charge >= 0.3 is 0 Å². The van der Waals surface area contributed by atoms with E-state index in [1.54, 1.807) is 11.1 Å². The zero-order chi connectivity index (χ0) is 9.42. The van der Waals surface area contributed by atoms with Crippen LogP contribution in [0.25, 0.3) is 0 Å². The molecule has 1 fully saturated rings. The molecule has 0 aliphatic heterocycles. The van der Waals surface area contributed by atoms with Crippen LogP contribution in [0.4, 0.5) is 0 Å². The van der Waals surface area contributed by atoms with E-state index < -0.39 is 0 Å². The second-order valence-electron chi connectivity index (χ2n) is 5.15. The van der Waals surface area contributed by atoms with Crippen molar-refractivity contribution in [3.05, 3.63) is 11.1 Å². The van der Waals surface area contributed by atoms with Gasteiger partial charge < -0.3 is 0 Å². The SMILES string of the molecule is CC1=C(C)[C@H]2CCCC[C@H]2C[C@H]1C. The average Bonchev–Trinajstić information content (AvgIpc) is 2.15. The minimum absolute atomic E-state index is 0.861. The van der Waals surface area contributed by atoms with Crippen LogP contribution in [0, 0.1) is 17.8 Å². The predicted molar refractivity (Wildman–Crippen MR) is 57.6 cm³/mol. The molecule has 0 heteroatoms. The molecule has 0 saturated heterocycles. The Hall–Kier alpha value is -0.260. The second kappa shape index (κ2) is 3.48. The van der Waals surface area contributed by atoms with Gasteiger partial charge in [-0.3, -0.25) is 0 Å². The lowest BCUT2D eigenvalue weighted by molar-refractivity contribution is 0.217. The molecule has 74 valence electrons. The first kappa shape index (κ1) is 9.30. The van der Waals surface area contributed by atoms with Crippen molar-refractivity contribution in [1.29, 1.82) is 0 Å². The predicted octanol–water partition coefficient (Wildman–Crippen LogP) is 4.17. The molecule has 0 bridgehead atoms. The molecule has 0 unspecified atom stereocenters. The lowest BCUT2D eigenvalue weighted by atomic mass is 9.66. The number of rotatable bonds is 0. The Morgan fingerprint density at radius 2 is 1.69 bits per heavy atom. The van der Waals surface area contributed by atoms with E-state index >= 15 is 0 Å². The first-order valence-corrected chi connectivity index (χ1v) is 5.87. The topological polar surface area (TPSA) is 0 Å². The summed E-state index contributed by atoms with van der Waals surface area (Å²) in [7, 11) is 0. The van der Waals surface area contributed by atoms with Gasteiger partial charge in [0, 0.05) is 0 Å². The highest BCUT2D eigenvalue weighted by Gasteiger charge is 2.32. The lowest BCUT2D eigenvalue weighted by Gasteiger charge is -2.40. The Balaban J connectivity index is 2.23. The molecule has 2 aliphatic carbocycles. The molecule has 1 saturated carbocycles. The molecule has 0 amide bonds. The van der Waals surface area contributed by atoms with Crippen molar-refractivity contribution in [3.8, 4) is 0 Å². The van der Waals surface area contributed by atoms with E-state index in [0.717, 1.165) is 17.8 Å². The van der Waals surface area contributed by atoms with Crippen LogP contribution in [0.15, 0.2) is 11.1 Å². The Morgan fingerprint density at radius 3 is 2.46 bits per heavy atom. The van der Waals surface area contributed by atoms with E-state index in [0.29, 0.717) is 0 Å². The van der Waals surface area contributed by atoms with Gasteiger partial charge in [0.15, 0.2) is 0 Å². The van der Waals surface area contributed by atoms with Crippen LogP contribution in [-0.2, 0) is 0 Å². The van der Waals surface area contributed by atoms with Gasteiger partial charge in [-0.1, -0.05) is 30.9 Å². The number of allylic oxidation sites excluding steroid dienone is 2. The Labute approximate surface area is 82.4 Å². The van der Waals surface area contributed by atoms with E-state index in [1.165, 1.54) is 32.1 Å². The van der Waals surface area contributed by atoms with Crippen LogP contribution in [0.1, 0.15) is 52.9 Å². The van der Waals surface area contributed by atoms with Crippen LogP contribution in [-0.4, -0.2) is 0 Å². The van der Waals surface area contributed by atoms with Gasteiger partial charge in [-0.05, 0) is 50.9 Å². The highest BCUT2D eigenvalue weighted by atomic mass is 14.4. The third kappa shape index (κ3) is 1.56. The van der Waals surface area contributed by atoms with Crippen molar-refractivity contribution in [2.45, 2.75) is 52.9 Å². The summed E-state index contributed by atoms with van der Waals surface area (Å²) in [6, 6.07) is 0. The maximum Gasteiger partial charge on any atom is -0.0175 e. The summed E-state index contributed by atoms with van der Waals surface area (Å²) in [4.78, 5) is 0. The van der Waals surface area contributed by atoms with Crippen molar-refractivity contribution >= 4 is 0 Å². The van der Waals surface area contributed by atoms with Gasteiger partial charge in [-0.15, -0.1) is 0 Å². The van der Waals surface area contributed by atoms with Crippen LogP contribution in [0.2, 0.25) is 0 Å². The first-order chi connectivity index (χ1) is 6.20. The summed E-state index contributed by atoms with van der Waals surface area (Å²) >= 11 is 0. The fourth-order valence-electron chi connectivity index (χ4n) is 3.37. The molecular formula is C13H22. The van der Waals surface area contributed by atoms with Gasteiger partial charge in [-0.25, -0.2) is 0 Å². The van der Waals surface area contributed by atoms with Gasteiger partial charge in [0.2, 0.25) is 0 Å². The maximum absolute atomic E-state index is 2.41. The summed E-state index contributed by atoms with van der Waals surface area (Å²) in [5.74, 6) is 2.86. The highest BCUT2D eigenvalue weighted by molar-refractivity contribution is 5.20. The number of hydrogen-bond acceptors (Lipinski definition) is 0. The zero-order valence-corrected chi connectivity index (χ0v) is 9.27. The first-order valence-electron chi connectivity index (χ1n) is 5.87. The molecule has 0 N–H and O–H groups in total. The fraction of sp³-hybridized carbons (Fsp3) is 0.846. The van der Waals surface area contributed by atoms with Crippen molar-refractivity contribution in [2.24, 2.45) is 17.8 Å². The van der Waals surface area contributed by atoms with E-state index in [1.807, 2.05) is 0 Å². The minimum atomic E-state index is 0.861. The molecule has 0 radical (unpaired) electrons. The summed E-state index contributed by atoms with van der Waals surface area (Å²) in [6.45, 7) is 7.14. The van der Waals surface area contributed by atoms with Crippen LogP contribution in [0.5, 0.6) is 0 Å². The lowest BCUT2D eigenvalue weighted by Crippen LogP contribution is -2.28. The van der Waals surface area contributed by atoms with E-state index in [9.17, 15) is 0 Å². The number of hydrogen-bond donors (Lipinski definition) is 0. The maximum atomic E-state index is 2.41. The van der Waals surface area contributed by atoms with Crippen LogP contribution < -0.4 is 0 Å². The molecule has 2 rings (SSSR count). The molecule has 0 aromatic rings. The molecule has 0 aromatic heterocycles. The molecule has 2 aliphatic rings. The largest absolute Gasteiger partial charge is 0.0713 e. The van der Waals surface area contributed by atoms with Crippen molar-refractivity contribution in [3.63, 3.8) is 0 Å². The van der Waals surface area contributed by atoms with Crippen molar-refractivity contribution < 1.29 is 0 Å². The van der Waals surface area contributed by atoms with Gasteiger partial charge in [0.25, 0.3) is 0 Å². The van der Waals surface area contributed by atoms with Crippen molar-refractivity contribution in [2.75, 3.05) is 0 Å². The molecular weight excluding hydrogens is 156 g/mol. The standard InChI is InChI=1S/C13H22/c1-9-8-12-6-4-5-7-13(12)11(3)10(9)2/h9,12-13H,4-8H2,1-3H3/t9-,12+,13-/m1/s1. The van der Waals surface area contributed by atoms with Gasteiger partial charge in [0.05, 0.1) is 0 Å². The molecule has 3 atom stereocenters. The van der Waals surface area contributed by atoms with Gasteiger partial charge in [-0.2, -0.15) is 0 Å². The second-order valence-corrected chi connectivity index (χ2v) is 5.15. The summed E-state index contributed by atoms with van der Waals surface area (Å²) < 4.78 is 0. The molecule has 0 spiro atoms. The quantitative estimate of drug-likeness (QED) is 0.488. The molecule has 13 heavy (non-hydrogen) atoms. The normalized spacial score (nSPS) is 40.4. The smallest absolute Gasteiger partial charge is 0.0175 e. The summed E-state index contributed by atoms with van der Waals surface area (Å²) in [5.41, 5.74) is 3.44. The van der Waals surface area contributed by atoms with E-state index in [4.69, 9.17) is 0 Å². The van der Waals surface area contributed by atoms with E-state index in [2.05, 4.69) is 20.8 Å². The van der Waals surface area contributed by atoms with Crippen LogP contribution >= 0.6 is 0 Å². The molecule has 0 aromatic carbocycles. The average molecular weight is 178 g/mol. The van der Waals surface area contributed by atoms with Gasteiger partial charge in [0.1, 0.15) is 0 Å². The molecule has 0 nitrogen and oxygen atoms in total. The van der Waals surface area contributed by atoms with E-state index in [-0.39, 0.29) is 0 Å². The third-order valence-electron chi connectivity index (χ3n) is 4.48. The fourth-order valence-corrected chi connectivity index (χ4v) is 3.37. The van der Waals surface area contributed by atoms with Crippen LogP contribution in [0.3, 0.4) is 0 Å². The zero-order valence-electron chi connectivity index (χ0n) is 9.27. The Bertz CT molecular complexity index is 224. The monoisotopic (exact) mass is 178 g/mol. The minimum Gasteiger partial charge on any atom is -0.0713 e. The van der Waals surface area contributed by atoms with Crippen molar-refractivity contribution in [1.82, 2.24) is 0 Å². The summed E-state index contributed by atoms with van der Waals surface area (Å²) in [5, 5.41) is 0. The summed E-state index contributed by atoms with van der Waals surface area (Å²) in [6.07, 6.45) is 7.40. The Morgan fingerprint density at radius 1 is 1.00 bits per heavy atom. The number of fused-ring (bicyclic) bond motifs is 1. The third-order valence-corrected chi connectivity index (χ3v) is 4.48. The Kier molecular flexibility index (Phi) is 2.49. The molecule has 0 heterocycles. The highest BCUT2D eigenvalue weighted by Crippen LogP contribution is 2.45.